The molecule has 2 atom stereocenters. The lowest BCUT2D eigenvalue weighted by atomic mass is 9.80. The lowest BCUT2D eigenvalue weighted by molar-refractivity contribution is -0.122. The molecule has 0 saturated heterocycles. The number of aliphatic hydroxyl groups excluding tert-OH is 1. The molecular weight excluding hydrogens is 178 g/mol. The number of aliphatic hydroxyl groups is 1. The molecule has 1 rings (SSSR count). The van der Waals surface area contributed by atoms with Crippen LogP contribution in [-0.2, 0) is 4.79 Å². The summed E-state index contributed by atoms with van der Waals surface area (Å²) < 4.78 is 0. The number of rotatable bonds is 5. The molecule has 0 aromatic rings. The zero-order valence-corrected chi connectivity index (χ0v) is 9.12. The summed E-state index contributed by atoms with van der Waals surface area (Å²) in [5.74, 6) is 0.760. The minimum Gasteiger partial charge on any atom is -0.393 e. The van der Waals surface area contributed by atoms with E-state index in [9.17, 15) is 4.79 Å². The Labute approximate surface area is 85.9 Å². The lowest BCUT2D eigenvalue weighted by Gasteiger charge is -2.31. The van der Waals surface area contributed by atoms with Crippen LogP contribution < -0.4 is 5.32 Å². The molecule has 1 aliphatic rings. The second kappa shape index (κ2) is 5.35. The van der Waals surface area contributed by atoms with Crippen LogP contribution in [0.1, 0.15) is 46.0 Å². The zero-order valence-electron chi connectivity index (χ0n) is 9.12. The largest absolute Gasteiger partial charge is 0.393 e. The predicted octanol–water partition coefficient (Wildman–Crippen LogP) is 1.45. The zero-order chi connectivity index (χ0) is 10.6. The van der Waals surface area contributed by atoms with E-state index in [2.05, 4.69) is 12.2 Å². The number of hydrogen-bond acceptors (Lipinski definition) is 2. The topological polar surface area (TPSA) is 49.3 Å². The van der Waals surface area contributed by atoms with Crippen molar-refractivity contribution >= 4 is 5.91 Å². The van der Waals surface area contributed by atoms with Crippen molar-refractivity contribution in [1.29, 1.82) is 0 Å². The molecule has 1 aliphatic carbocycles. The first-order chi connectivity index (χ1) is 6.59. The smallest absolute Gasteiger partial charge is 0.220 e. The fraction of sp³-hybridized carbons (Fsp3) is 0.909. The molecule has 0 aliphatic heterocycles. The molecule has 0 aromatic carbocycles. The highest BCUT2D eigenvalue weighted by atomic mass is 16.3. The Morgan fingerprint density at radius 2 is 2.14 bits per heavy atom. The van der Waals surface area contributed by atoms with Crippen LogP contribution in [0.2, 0.25) is 0 Å². The van der Waals surface area contributed by atoms with E-state index in [0.29, 0.717) is 24.8 Å². The molecule has 0 heterocycles. The molecule has 3 nitrogen and oxygen atoms in total. The first kappa shape index (κ1) is 11.5. The molecule has 1 fully saturated rings. The highest BCUT2D eigenvalue weighted by Gasteiger charge is 2.24. The highest BCUT2D eigenvalue weighted by Crippen LogP contribution is 2.29. The van der Waals surface area contributed by atoms with E-state index < -0.39 is 0 Å². The van der Waals surface area contributed by atoms with Crippen LogP contribution in [0.5, 0.6) is 0 Å². The maximum Gasteiger partial charge on any atom is 0.220 e. The van der Waals surface area contributed by atoms with Crippen LogP contribution in [0.4, 0.5) is 0 Å². The minimum atomic E-state index is -0.375. The Kier molecular flexibility index (Phi) is 4.39. The number of nitrogens with one attached hydrogen (secondary N) is 1. The van der Waals surface area contributed by atoms with Gasteiger partial charge in [0.25, 0.3) is 0 Å². The summed E-state index contributed by atoms with van der Waals surface area (Å²) in [7, 11) is 0. The van der Waals surface area contributed by atoms with Gasteiger partial charge in [0.15, 0.2) is 0 Å². The molecular formula is C11H21NO2. The van der Waals surface area contributed by atoms with Crippen LogP contribution >= 0.6 is 0 Å². The molecule has 14 heavy (non-hydrogen) atoms. The number of amides is 1. The third-order valence-corrected chi connectivity index (χ3v) is 3.03. The first-order valence-corrected chi connectivity index (χ1v) is 5.57. The van der Waals surface area contributed by atoms with Crippen LogP contribution in [0.3, 0.4) is 0 Å². The summed E-state index contributed by atoms with van der Waals surface area (Å²) in [5, 5.41) is 12.0. The Balaban J connectivity index is 2.12. The standard InChI is InChI=1S/C11H21NO2/c1-8(13)6-7-11(14)12-9(2)10-4-3-5-10/h8-10,13H,3-7H2,1-2H3,(H,12,14). The van der Waals surface area contributed by atoms with Gasteiger partial charge < -0.3 is 10.4 Å². The maximum atomic E-state index is 11.4. The van der Waals surface area contributed by atoms with E-state index >= 15 is 0 Å². The molecule has 3 heteroatoms. The number of carbonyl (C=O) groups excluding carboxylic acids is 1. The van der Waals surface area contributed by atoms with Crippen LogP contribution in [0, 0.1) is 5.92 Å². The van der Waals surface area contributed by atoms with Gasteiger partial charge in [0.2, 0.25) is 5.91 Å². The average molecular weight is 199 g/mol. The second-order valence-electron chi connectivity index (χ2n) is 4.43. The van der Waals surface area contributed by atoms with E-state index in [0.717, 1.165) is 0 Å². The molecule has 0 bridgehead atoms. The van der Waals surface area contributed by atoms with Gasteiger partial charge in [0.1, 0.15) is 0 Å². The quantitative estimate of drug-likeness (QED) is 0.704. The number of carbonyl (C=O) groups is 1. The molecule has 82 valence electrons. The molecule has 1 saturated carbocycles. The van der Waals surface area contributed by atoms with Gasteiger partial charge in [0.05, 0.1) is 6.10 Å². The monoisotopic (exact) mass is 199 g/mol. The summed E-state index contributed by atoms with van der Waals surface area (Å²) in [6.45, 7) is 3.78. The molecule has 0 aromatic heterocycles. The Bertz CT molecular complexity index is 188. The Hall–Kier alpha value is -0.570. The molecule has 2 N–H and O–H groups in total. The molecule has 0 spiro atoms. The summed E-state index contributed by atoms with van der Waals surface area (Å²) in [4.78, 5) is 11.4. The Morgan fingerprint density at radius 1 is 1.50 bits per heavy atom. The van der Waals surface area contributed by atoms with Gasteiger partial charge in [-0.25, -0.2) is 0 Å². The van der Waals surface area contributed by atoms with Gasteiger partial charge in [0, 0.05) is 12.5 Å². The van der Waals surface area contributed by atoms with Gasteiger partial charge in [-0.3, -0.25) is 4.79 Å². The third kappa shape index (κ3) is 3.66. The highest BCUT2D eigenvalue weighted by molar-refractivity contribution is 5.76. The van der Waals surface area contributed by atoms with Crippen LogP contribution in [-0.4, -0.2) is 23.2 Å². The fourth-order valence-electron chi connectivity index (χ4n) is 1.72. The van der Waals surface area contributed by atoms with Crippen LogP contribution in [0.25, 0.3) is 0 Å². The normalized spacial score (nSPS) is 21.1. The van der Waals surface area contributed by atoms with Crippen molar-refractivity contribution in [2.45, 2.75) is 58.1 Å². The van der Waals surface area contributed by atoms with Crippen molar-refractivity contribution in [1.82, 2.24) is 5.32 Å². The van der Waals surface area contributed by atoms with Crippen molar-refractivity contribution in [2.75, 3.05) is 0 Å². The second-order valence-corrected chi connectivity index (χ2v) is 4.43. The van der Waals surface area contributed by atoms with Gasteiger partial charge >= 0.3 is 0 Å². The molecule has 2 unspecified atom stereocenters. The summed E-state index contributed by atoms with van der Waals surface area (Å²) in [5.41, 5.74) is 0. The van der Waals surface area contributed by atoms with Gasteiger partial charge in [-0.1, -0.05) is 6.42 Å². The van der Waals surface area contributed by atoms with E-state index in [1.165, 1.54) is 19.3 Å². The SMILES string of the molecule is CC(O)CCC(=O)NC(C)C1CCC1. The van der Waals surface area contributed by atoms with Crippen molar-refractivity contribution in [3.05, 3.63) is 0 Å². The van der Waals surface area contributed by atoms with E-state index in [1.807, 2.05) is 0 Å². The third-order valence-electron chi connectivity index (χ3n) is 3.03. The minimum absolute atomic E-state index is 0.0744. The van der Waals surface area contributed by atoms with Crippen molar-refractivity contribution < 1.29 is 9.90 Å². The molecule has 1 amide bonds. The number of hydrogen-bond donors (Lipinski definition) is 2. The van der Waals surface area contributed by atoms with E-state index in [1.54, 1.807) is 6.92 Å². The fourth-order valence-corrected chi connectivity index (χ4v) is 1.72. The predicted molar refractivity (Wildman–Crippen MR) is 55.9 cm³/mol. The summed E-state index contributed by atoms with van der Waals surface area (Å²) in [6.07, 6.45) is 4.42. The van der Waals surface area contributed by atoms with Gasteiger partial charge in [-0.2, -0.15) is 0 Å². The van der Waals surface area contributed by atoms with E-state index in [-0.39, 0.29) is 12.0 Å². The van der Waals surface area contributed by atoms with Crippen LogP contribution in [0.15, 0.2) is 0 Å². The summed E-state index contributed by atoms with van der Waals surface area (Å²) in [6, 6.07) is 0.310. The van der Waals surface area contributed by atoms with Gasteiger partial charge in [-0.15, -0.1) is 0 Å². The lowest BCUT2D eigenvalue weighted by Crippen LogP contribution is -2.40. The Morgan fingerprint density at radius 3 is 2.57 bits per heavy atom. The maximum absolute atomic E-state index is 11.4. The van der Waals surface area contributed by atoms with Crippen molar-refractivity contribution in [2.24, 2.45) is 5.92 Å². The van der Waals surface area contributed by atoms with Crippen molar-refractivity contribution in [3.8, 4) is 0 Å². The first-order valence-electron chi connectivity index (χ1n) is 5.57. The molecule has 0 radical (unpaired) electrons. The van der Waals surface area contributed by atoms with E-state index in [4.69, 9.17) is 5.11 Å². The summed E-state index contributed by atoms with van der Waals surface area (Å²) >= 11 is 0. The van der Waals surface area contributed by atoms with Gasteiger partial charge in [-0.05, 0) is 39.0 Å². The van der Waals surface area contributed by atoms with Crippen molar-refractivity contribution in [3.63, 3.8) is 0 Å². The average Bonchev–Trinajstić information content (AvgIpc) is 1.97.